The zero-order valence-electron chi connectivity index (χ0n) is 7.49. The molecule has 92 valence electrons. The van der Waals surface area contributed by atoms with Crippen molar-refractivity contribution in [2.24, 2.45) is 0 Å². The highest BCUT2D eigenvalue weighted by Crippen LogP contribution is 1.80. The highest BCUT2D eigenvalue weighted by atomic mass is 16.5. The average Bonchev–Trinajstić information content (AvgIpc) is 2.13. The van der Waals surface area contributed by atoms with Gasteiger partial charge in [0.25, 0.3) is 0 Å². The zero-order valence-corrected chi connectivity index (χ0v) is 7.49. The predicted molar refractivity (Wildman–Crippen MR) is 59.7 cm³/mol. The molecule has 0 spiro atoms. The number of amides is 1. The summed E-state index contributed by atoms with van der Waals surface area (Å²) in [5, 5.41) is 10.9. The maximum atomic E-state index is 10.9. The number of carbonyl (C=O) groups excluding carboxylic acids is 2. The van der Waals surface area contributed by atoms with Crippen LogP contribution in [-0.4, -0.2) is 43.7 Å². The Morgan fingerprint density at radius 1 is 1.40 bits per heavy atom. The fraction of sp³-hybridized carbons (Fsp3) is 0.800. The fourth-order valence-corrected chi connectivity index (χ4v) is 0.653. The predicted octanol–water partition coefficient (Wildman–Crippen LogP) is 0.363. The fourth-order valence-electron chi connectivity index (χ4n) is 0.653. The van der Waals surface area contributed by atoms with E-state index in [1.54, 1.807) is 0 Å². The molecule has 0 atom stereocenters. The Hall–Kier alpha value is -0.940. The molecule has 0 aromatic carbocycles. The van der Waals surface area contributed by atoms with E-state index >= 15 is 0 Å². The van der Waals surface area contributed by atoms with Crippen LogP contribution in [0.1, 0.15) is 27.7 Å². The Morgan fingerprint density at radius 2 is 2.07 bits per heavy atom. The number of nitrogens with one attached hydrogen (secondary N) is 1. The average molecular weight is 221 g/mol. The molecule has 0 rings (SSSR count). The lowest BCUT2D eigenvalue weighted by atomic mass is 10.4. The Bertz CT molecular complexity index is 150. The van der Waals surface area contributed by atoms with Gasteiger partial charge in [0.2, 0.25) is 5.91 Å². The Balaban J connectivity index is -0.000000720. The van der Waals surface area contributed by atoms with Crippen molar-refractivity contribution in [1.29, 1.82) is 0 Å². The summed E-state index contributed by atoms with van der Waals surface area (Å²) in [5.74, 6) is -0.236. The van der Waals surface area contributed by atoms with Crippen molar-refractivity contribution < 1.29 is 19.4 Å². The van der Waals surface area contributed by atoms with Crippen molar-refractivity contribution in [2.75, 3.05) is 26.4 Å². The maximum Gasteiger partial charge on any atom is 0.246 e. The van der Waals surface area contributed by atoms with Gasteiger partial charge in [-0.15, -0.1) is 0 Å². The summed E-state index contributed by atoms with van der Waals surface area (Å²) in [5.41, 5.74) is 0. The second-order valence-electron chi connectivity index (χ2n) is 2.44. The van der Waals surface area contributed by atoms with Crippen LogP contribution < -0.4 is 5.32 Å². The molecule has 0 unspecified atom stereocenters. The van der Waals surface area contributed by atoms with Crippen LogP contribution >= 0.6 is 0 Å². The van der Waals surface area contributed by atoms with Gasteiger partial charge >= 0.3 is 0 Å². The van der Waals surface area contributed by atoms with Crippen LogP contribution in [-0.2, 0) is 14.3 Å². The lowest BCUT2D eigenvalue weighted by molar-refractivity contribution is -0.125. The van der Waals surface area contributed by atoms with E-state index in [0.29, 0.717) is 26.0 Å². The van der Waals surface area contributed by atoms with Gasteiger partial charge in [-0.05, 0) is 6.42 Å². The molecule has 2 N–H and O–H groups in total. The van der Waals surface area contributed by atoms with Gasteiger partial charge in [-0.3, -0.25) is 4.79 Å². The first-order valence-corrected chi connectivity index (χ1v) is 4.20. The van der Waals surface area contributed by atoms with Gasteiger partial charge in [0.15, 0.2) is 0 Å². The Kier molecular flexibility index (Phi) is 20.3. The van der Waals surface area contributed by atoms with E-state index in [1.165, 1.54) is 0 Å². The summed E-state index contributed by atoms with van der Waals surface area (Å²) in [6.45, 7) is 0.773. The molecule has 0 bridgehead atoms. The number of aliphatic hydroxyl groups is 1. The van der Waals surface area contributed by atoms with Crippen molar-refractivity contribution in [2.45, 2.75) is 27.7 Å². The highest BCUT2D eigenvalue weighted by Gasteiger charge is 1.98. The zero-order chi connectivity index (χ0) is 9.94. The quantitative estimate of drug-likeness (QED) is 0.458. The third-order valence-corrected chi connectivity index (χ3v) is 1.26. The Labute approximate surface area is 91.8 Å². The highest BCUT2D eigenvalue weighted by molar-refractivity contribution is 5.77. The number of aldehydes is 1. The third kappa shape index (κ3) is 15.8. The lowest BCUT2D eigenvalue weighted by Crippen LogP contribution is -2.28. The minimum absolute atomic E-state index is 0. The van der Waals surface area contributed by atoms with E-state index in [2.05, 4.69) is 5.32 Å². The molecule has 0 aliphatic heterocycles. The van der Waals surface area contributed by atoms with E-state index in [-0.39, 0.29) is 34.0 Å². The van der Waals surface area contributed by atoms with E-state index in [9.17, 15) is 9.59 Å². The van der Waals surface area contributed by atoms with Crippen LogP contribution in [0.5, 0.6) is 0 Å². The van der Waals surface area contributed by atoms with Crippen LogP contribution in [0.3, 0.4) is 0 Å². The van der Waals surface area contributed by atoms with Crippen LogP contribution in [0.15, 0.2) is 0 Å². The molecule has 0 aromatic heterocycles. The summed E-state index contributed by atoms with van der Waals surface area (Å²) < 4.78 is 4.91. The molecular weight excluding hydrogens is 198 g/mol. The van der Waals surface area contributed by atoms with Gasteiger partial charge in [0.1, 0.15) is 12.9 Å². The van der Waals surface area contributed by atoms with Gasteiger partial charge in [0, 0.05) is 26.2 Å². The van der Waals surface area contributed by atoms with Crippen LogP contribution in [0.25, 0.3) is 0 Å². The monoisotopic (exact) mass is 221 g/mol. The molecule has 0 aliphatic carbocycles. The normalized spacial score (nSPS) is 8.33. The van der Waals surface area contributed by atoms with Crippen molar-refractivity contribution >= 4 is 12.2 Å². The SMILES string of the molecule is C.C.O=CCCNC(=O)COCCCO. The standard InChI is InChI=1S/C8H15NO4.2CH4/c10-4-1-3-9-8(12)7-13-6-2-5-11;;/h4,11H,1-3,5-7H2,(H,9,12);2*1H4. The summed E-state index contributed by atoms with van der Waals surface area (Å²) >= 11 is 0. The minimum atomic E-state index is -0.236. The van der Waals surface area contributed by atoms with E-state index in [4.69, 9.17) is 9.84 Å². The van der Waals surface area contributed by atoms with Crippen molar-refractivity contribution in [3.05, 3.63) is 0 Å². The number of rotatable bonds is 8. The van der Waals surface area contributed by atoms with Gasteiger partial charge < -0.3 is 20.0 Å². The van der Waals surface area contributed by atoms with Crippen LogP contribution in [0.2, 0.25) is 0 Å². The molecule has 5 heteroatoms. The summed E-state index contributed by atoms with van der Waals surface area (Å²) in [6.07, 6.45) is 1.59. The second kappa shape index (κ2) is 15.5. The topological polar surface area (TPSA) is 75.6 Å². The third-order valence-electron chi connectivity index (χ3n) is 1.26. The van der Waals surface area contributed by atoms with Crippen molar-refractivity contribution in [3.8, 4) is 0 Å². The smallest absolute Gasteiger partial charge is 0.246 e. The largest absolute Gasteiger partial charge is 0.396 e. The number of ether oxygens (including phenoxy) is 1. The molecule has 0 radical (unpaired) electrons. The summed E-state index contributed by atoms with van der Waals surface area (Å²) in [6, 6.07) is 0. The van der Waals surface area contributed by atoms with Crippen molar-refractivity contribution in [3.63, 3.8) is 0 Å². The molecule has 1 amide bonds. The summed E-state index contributed by atoms with van der Waals surface area (Å²) in [4.78, 5) is 20.7. The summed E-state index contributed by atoms with van der Waals surface area (Å²) in [7, 11) is 0. The number of hydrogen-bond acceptors (Lipinski definition) is 4. The number of aliphatic hydroxyl groups excluding tert-OH is 1. The molecule has 0 aromatic rings. The molecule has 0 aliphatic rings. The van der Waals surface area contributed by atoms with Crippen LogP contribution in [0, 0.1) is 0 Å². The molecule has 0 heterocycles. The van der Waals surface area contributed by atoms with Crippen LogP contribution in [0.4, 0.5) is 0 Å². The van der Waals surface area contributed by atoms with Gasteiger partial charge in [0.05, 0.1) is 0 Å². The molecule has 15 heavy (non-hydrogen) atoms. The van der Waals surface area contributed by atoms with E-state index in [0.717, 1.165) is 6.29 Å². The maximum absolute atomic E-state index is 10.9. The molecular formula is C10H23NO4. The van der Waals surface area contributed by atoms with Gasteiger partial charge in [-0.25, -0.2) is 0 Å². The first-order valence-electron chi connectivity index (χ1n) is 4.20. The van der Waals surface area contributed by atoms with Crippen molar-refractivity contribution in [1.82, 2.24) is 5.32 Å². The van der Waals surface area contributed by atoms with Gasteiger partial charge in [-0.1, -0.05) is 14.9 Å². The van der Waals surface area contributed by atoms with E-state index < -0.39 is 0 Å². The molecule has 0 saturated heterocycles. The molecule has 0 fully saturated rings. The first-order chi connectivity index (χ1) is 6.31. The Morgan fingerprint density at radius 3 is 2.60 bits per heavy atom. The van der Waals surface area contributed by atoms with Gasteiger partial charge in [-0.2, -0.15) is 0 Å². The number of carbonyl (C=O) groups is 2. The minimum Gasteiger partial charge on any atom is -0.396 e. The lowest BCUT2D eigenvalue weighted by Gasteiger charge is -2.03. The van der Waals surface area contributed by atoms with E-state index in [1.807, 2.05) is 0 Å². The molecule has 0 saturated carbocycles. The number of hydrogen-bond donors (Lipinski definition) is 2. The molecule has 5 nitrogen and oxygen atoms in total. The second-order valence-corrected chi connectivity index (χ2v) is 2.44. The first kappa shape index (κ1) is 19.6.